The number of amides is 1. The zero-order valence-corrected chi connectivity index (χ0v) is 13.6. The fourth-order valence-corrected chi connectivity index (χ4v) is 2.25. The quantitative estimate of drug-likeness (QED) is 0.603. The fraction of sp³-hybridized carbons (Fsp3) is 0.938. The van der Waals surface area contributed by atoms with Crippen molar-refractivity contribution in [3.05, 3.63) is 0 Å². The van der Waals surface area contributed by atoms with Gasteiger partial charge in [-0.1, -0.05) is 46.5 Å². The van der Waals surface area contributed by atoms with Crippen LogP contribution in [0.3, 0.4) is 0 Å². The largest absolute Gasteiger partial charge is 0.352 e. The molecule has 0 aliphatic heterocycles. The standard InChI is InChI=1S/C16H34N2O/c1-6-9-11-15(8-3)12-17-14(5)16(19)18-13(4)10-7-2/h13-15,17H,6-12H2,1-5H3,(H,18,19). The Balaban J connectivity index is 3.93. The second-order valence-corrected chi connectivity index (χ2v) is 5.74. The predicted molar refractivity (Wildman–Crippen MR) is 83.3 cm³/mol. The zero-order valence-electron chi connectivity index (χ0n) is 13.6. The predicted octanol–water partition coefficient (Wildman–Crippen LogP) is 3.49. The molecule has 0 saturated carbocycles. The van der Waals surface area contributed by atoms with Crippen LogP contribution in [0.2, 0.25) is 0 Å². The summed E-state index contributed by atoms with van der Waals surface area (Å²) in [5.41, 5.74) is 0. The molecule has 0 rings (SSSR count). The van der Waals surface area contributed by atoms with Crippen molar-refractivity contribution in [2.45, 2.75) is 85.2 Å². The van der Waals surface area contributed by atoms with Gasteiger partial charge in [-0.25, -0.2) is 0 Å². The van der Waals surface area contributed by atoms with Crippen molar-refractivity contribution in [1.29, 1.82) is 0 Å². The van der Waals surface area contributed by atoms with Crippen LogP contribution in [-0.4, -0.2) is 24.5 Å². The topological polar surface area (TPSA) is 41.1 Å². The first-order chi connectivity index (χ1) is 9.04. The SMILES string of the molecule is CCCCC(CC)CNC(C)C(=O)NC(C)CCC. The van der Waals surface area contributed by atoms with Gasteiger partial charge < -0.3 is 10.6 Å². The van der Waals surface area contributed by atoms with Crippen LogP contribution in [0.15, 0.2) is 0 Å². The Labute approximate surface area is 119 Å². The van der Waals surface area contributed by atoms with Gasteiger partial charge >= 0.3 is 0 Å². The van der Waals surface area contributed by atoms with Crippen molar-refractivity contribution >= 4 is 5.91 Å². The van der Waals surface area contributed by atoms with E-state index in [2.05, 4.69) is 38.3 Å². The zero-order chi connectivity index (χ0) is 14.7. The van der Waals surface area contributed by atoms with Gasteiger partial charge in [0.1, 0.15) is 0 Å². The molecule has 0 radical (unpaired) electrons. The Morgan fingerprint density at radius 2 is 1.74 bits per heavy atom. The van der Waals surface area contributed by atoms with Crippen molar-refractivity contribution in [3.8, 4) is 0 Å². The Kier molecular flexibility index (Phi) is 10.9. The summed E-state index contributed by atoms with van der Waals surface area (Å²) in [6, 6.07) is 0.193. The van der Waals surface area contributed by atoms with Gasteiger partial charge in [-0.2, -0.15) is 0 Å². The second-order valence-electron chi connectivity index (χ2n) is 5.74. The lowest BCUT2D eigenvalue weighted by molar-refractivity contribution is -0.123. The van der Waals surface area contributed by atoms with Crippen molar-refractivity contribution in [2.75, 3.05) is 6.54 Å². The Bertz CT molecular complexity index is 231. The van der Waals surface area contributed by atoms with Crippen molar-refractivity contribution in [1.82, 2.24) is 10.6 Å². The number of carbonyl (C=O) groups excluding carboxylic acids is 1. The molecule has 1 amide bonds. The van der Waals surface area contributed by atoms with Crippen molar-refractivity contribution in [3.63, 3.8) is 0 Å². The first-order valence-corrected chi connectivity index (χ1v) is 8.08. The minimum atomic E-state index is -0.0880. The molecular weight excluding hydrogens is 236 g/mol. The van der Waals surface area contributed by atoms with Gasteiger partial charge in [-0.05, 0) is 39.2 Å². The molecule has 0 aromatic carbocycles. The number of hydrogen-bond donors (Lipinski definition) is 2. The molecule has 2 N–H and O–H groups in total. The van der Waals surface area contributed by atoms with Gasteiger partial charge in [-0.3, -0.25) is 4.79 Å². The molecule has 0 saturated heterocycles. The summed E-state index contributed by atoms with van der Waals surface area (Å²) in [4.78, 5) is 12.0. The number of rotatable bonds is 11. The highest BCUT2D eigenvalue weighted by atomic mass is 16.2. The minimum absolute atomic E-state index is 0.0880. The molecule has 3 unspecified atom stereocenters. The first kappa shape index (κ1) is 18.4. The van der Waals surface area contributed by atoms with E-state index in [1.54, 1.807) is 0 Å². The smallest absolute Gasteiger partial charge is 0.237 e. The maximum atomic E-state index is 12.0. The average molecular weight is 270 g/mol. The molecule has 3 heteroatoms. The fourth-order valence-electron chi connectivity index (χ4n) is 2.25. The second kappa shape index (κ2) is 11.3. The van der Waals surface area contributed by atoms with E-state index in [1.165, 1.54) is 25.7 Å². The van der Waals surface area contributed by atoms with Gasteiger partial charge in [0, 0.05) is 6.04 Å². The number of unbranched alkanes of at least 4 members (excludes halogenated alkanes) is 1. The molecule has 3 atom stereocenters. The Morgan fingerprint density at radius 1 is 1.05 bits per heavy atom. The van der Waals surface area contributed by atoms with Crippen LogP contribution in [0.5, 0.6) is 0 Å². The van der Waals surface area contributed by atoms with E-state index >= 15 is 0 Å². The van der Waals surface area contributed by atoms with Gasteiger partial charge in [0.25, 0.3) is 0 Å². The highest BCUT2D eigenvalue weighted by Gasteiger charge is 2.15. The van der Waals surface area contributed by atoms with Crippen LogP contribution < -0.4 is 10.6 Å². The molecule has 0 aromatic heterocycles. The van der Waals surface area contributed by atoms with E-state index in [0.29, 0.717) is 5.92 Å². The van der Waals surface area contributed by atoms with E-state index in [4.69, 9.17) is 0 Å². The highest BCUT2D eigenvalue weighted by molar-refractivity contribution is 5.81. The normalized spacial score (nSPS) is 15.8. The molecule has 114 valence electrons. The van der Waals surface area contributed by atoms with E-state index < -0.39 is 0 Å². The third-order valence-electron chi connectivity index (χ3n) is 3.76. The maximum Gasteiger partial charge on any atom is 0.237 e. The summed E-state index contributed by atoms with van der Waals surface area (Å²) in [6.07, 6.45) is 7.15. The third kappa shape index (κ3) is 9.04. The van der Waals surface area contributed by atoms with Crippen LogP contribution in [0.4, 0.5) is 0 Å². The number of carbonyl (C=O) groups is 1. The van der Waals surface area contributed by atoms with Gasteiger partial charge in [-0.15, -0.1) is 0 Å². The van der Waals surface area contributed by atoms with Crippen molar-refractivity contribution < 1.29 is 4.79 Å². The number of hydrogen-bond acceptors (Lipinski definition) is 2. The van der Waals surface area contributed by atoms with Crippen LogP contribution >= 0.6 is 0 Å². The molecule has 0 spiro atoms. The summed E-state index contributed by atoms with van der Waals surface area (Å²) in [5.74, 6) is 0.828. The lowest BCUT2D eigenvalue weighted by Gasteiger charge is -2.21. The van der Waals surface area contributed by atoms with E-state index in [0.717, 1.165) is 19.4 Å². The molecule has 3 nitrogen and oxygen atoms in total. The molecule has 0 fully saturated rings. The Hall–Kier alpha value is -0.570. The number of nitrogens with one attached hydrogen (secondary N) is 2. The van der Waals surface area contributed by atoms with E-state index in [1.807, 2.05) is 6.92 Å². The van der Waals surface area contributed by atoms with E-state index in [-0.39, 0.29) is 18.0 Å². The van der Waals surface area contributed by atoms with Crippen LogP contribution in [0, 0.1) is 5.92 Å². The molecule has 19 heavy (non-hydrogen) atoms. The third-order valence-corrected chi connectivity index (χ3v) is 3.76. The average Bonchev–Trinajstić information content (AvgIpc) is 2.38. The lowest BCUT2D eigenvalue weighted by Crippen LogP contribution is -2.46. The molecule has 0 aliphatic carbocycles. The van der Waals surface area contributed by atoms with E-state index in [9.17, 15) is 4.79 Å². The lowest BCUT2D eigenvalue weighted by atomic mass is 9.99. The monoisotopic (exact) mass is 270 g/mol. The van der Waals surface area contributed by atoms with Crippen LogP contribution in [-0.2, 0) is 4.79 Å². The summed E-state index contributed by atoms with van der Waals surface area (Å²) in [5, 5.41) is 6.44. The Morgan fingerprint density at radius 3 is 2.26 bits per heavy atom. The molecule has 0 aliphatic rings. The minimum Gasteiger partial charge on any atom is -0.352 e. The molecular formula is C16H34N2O. The molecule has 0 bridgehead atoms. The van der Waals surface area contributed by atoms with Crippen molar-refractivity contribution in [2.24, 2.45) is 5.92 Å². The molecule has 0 heterocycles. The van der Waals surface area contributed by atoms with Gasteiger partial charge in [0.05, 0.1) is 6.04 Å². The van der Waals surface area contributed by atoms with Crippen LogP contribution in [0.1, 0.15) is 73.1 Å². The molecule has 0 aromatic rings. The first-order valence-electron chi connectivity index (χ1n) is 8.08. The maximum absolute atomic E-state index is 12.0. The summed E-state index contributed by atoms with van der Waals surface area (Å²) in [7, 11) is 0. The summed E-state index contributed by atoms with van der Waals surface area (Å²) in [6.45, 7) is 11.6. The summed E-state index contributed by atoms with van der Waals surface area (Å²) < 4.78 is 0. The van der Waals surface area contributed by atoms with Crippen LogP contribution in [0.25, 0.3) is 0 Å². The van der Waals surface area contributed by atoms with Gasteiger partial charge in [0.2, 0.25) is 5.91 Å². The highest BCUT2D eigenvalue weighted by Crippen LogP contribution is 2.11. The van der Waals surface area contributed by atoms with Gasteiger partial charge in [0.15, 0.2) is 0 Å². The summed E-state index contributed by atoms with van der Waals surface area (Å²) >= 11 is 0.